The maximum Gasteiger partial charge on any atom is 0.357 e. The fourth-order valence-electron chi connectivity index (χ4n) is 4.03. The highest BCUT2D eigenvalue weighted by Gasteiger charge is 2.26. The maximum absolute atomic E-state index is 12.1. The highest BCUT2D eigenvalue weighted by atomic mass is 32.2. The summed E-state index contributed by atoms with van der Waals surface area (Å²) in [5, 5.41) is 7.17. The molecule has 11 heteroatoms. The topological polar surface area (TPSA) is 147 Å². The van der Waals surface area contributed by atoms with Crippen molar-refractivity contribution in [2.75, 3.05) is 6.61 Å². The minimum Gasteiger partial charge on any atom is -0.461 e. The van der Waals surface area contributed by atoms with Crippen molar-refractivity contribution < 1.29 is 22.7 Å². The zero-order valence-corrected chi connectivity index (χ0v) is 21.9. The first-order chi connectivity index (χ1) is 17.8. The SMILES string of the molecule is CCOC(=O)c1csc(N=C(C(Oc2ccc(S(N)(=O)=O)cc2)=C(N)C2CCCC2)c2ccccc2)n1. The highest BCUT2D eigenvalue weighted by molar-refractivity contribution is 7.89. The van der Waals surface area contributed by atoms with Crippen molar-refractivity contribution in [1.82, 2.24) is 4.98 Å². The fourth-order valence-corrected chi connectivity index (χ4v) is 5.21. The van der Waals surface area contributed by atoms with Crippen molar-refractivity contribution in [2.45, 2.75) is 37.5 Å². The molecule has 0 radical (unpaired) electrons. The Morgan fingerprint density at radius 3 is 2.41 bits per heavy atom. The number of aromatic nitrogens is 1. The maximum atomic E-state index is 12.1. The second-order valence-corrected chi connectivity index (χ2v) is 10.8. The third-order valence-electron chi connectivity index (χ3n) is 5.88. The Morgan fingerprint density at radius 1 is 1.11 bits per heavy atom. The van der Waals surface area contributed by atoms with Crippen molar-refractivity contribution in [3.8, 4) is 5.75 Å². The van der Waals surface area contributed by atoms with Gasteiger partial charge in [-0.05, 0) is 44.0 Å². The number of carbonyl (C=O) groups is 1. The summed E-state index contributed by atoms with van der Waals surface area (Å²) in [6, 6.07) is 15.2. The second kappa shape index (κ2) is 11.7. The number of allylic oxidation sites excluding steroid dienone is 2. The molecule has 0 unspecified atom stereocenters. The van der Waals surface area contributed by atoms with Crippen LogP contribution in [0.4, 0.5) is 5.13 Å². The number of thiazole rings is 1. The molecule has 0 bridgehead atoms. The molecule has 2 aromatic carbocycles. The molecule has 4 rings (SSSR count). The van der Waals surface area contributed by atoms with E-state index in [1.54, 1.807) is 12.3 Å². The number of esters is 1. The first kappa shape index (κ1) is 26.5. The summed E-state index contributed by atoms with van der Waals surface area (Å²) in [6.07, 6.45) is 3.98. The molecule has 0 spiro atoms. The van der Waals surface area contributed by atoms with E-state index in [1.165, 1.54) is 35.6 Å². The monoisotopic (exact) mass is 540 g/mol. The minimum atomic E-state index is -3.85. The van der Waals surface area contributed by atoms with E-state index in [2.05, 4.69) is 4.98 Å². The largest absolute Gasteiger partial charge is 0.461 e. The van der Waals surface area contributed by atoms with Gasteiger partial charge in [-0.3, -0.25) is 0 Å². The van der Waals surface area contributed by atoms with Gasteiger partial charge in [0.2, 0.25) is 15.2 Å². The van der Waals surface area contributed by atoms with Crippen molar-refractivity contribution in [2.24, 2.45) is 21.8 Å². The lowest BCUT2D eigenvalue weighted by Crippen LogP contribution is -2.21. The predicted octanol–water partition coefficient (Wildman–Crippen LogP) is 4.53. The molecule has 0 amide bonds. The smallest absolute Gasteiger partial charge is 0.357 e. The Bertz CT molecular complexity index is 1410. The number of primary sulfonamides is 1. The Hall–Kier alpha value is -3.54. The molecule has 1 aliphatic carbocycles. The number of hydrogen-bond acceptors (Lipinski definition) is 9. The van der Waals surface area contributed by atoms with Crippen LogP contribution in [0.25, 0.3) is 0 Å². The zero-order valence-electron chi connectivity index (χ0n) is 20.3. The van der Waals surface area contributed by atoms with E-state index in [0.717, 1.165) is 31.2 Å². The molecule has 9 nitrogen and oxygen atoms in total. The lowest BCUT2D eigenvalue weighted by atomic mass is 9.99. The lowest BCUT2D eigenvalue weighted by Gasteiger charge is -2.19. The van der Waals surface area contributed by atoms with Gasteiger partial charge < -0.3 is 15.2 Å². The first-order valence-electron chi connectivity index (χ1n) is 11.8. The number of carbonyl (C=O) groups excluding carboxylic acids is 1. The normalized spacial score (nSPS) is 15.4. The fraction of sp³-hybridized carbons (Fsp3) is 0.269. The average molecular weight is 541 g/mol. The Morgan fingerprint density at radius 2 is 1.78 bits per heavy atom. The number of aliphatic imine (C=N–C) groups is 1. The van der Waals surface area contributed by atoms with Crippen molar-refractivity contribution in [3.63, 3.8) is 0 Å². The van der Waals surface area contributed by atoms with E-state index >= 15 is 0 Å². The standard InChI is InChI=1S/C26H28N4O5S2/c1-2-34-25(31)21-16-36-26(29-21)30-23(18-10-4-3-5-11-18)24(22(27)17-8-6-7-9-17)35-19-12-14-20(15-13-19)37(28,32)33/h3-5,10-17H,2,6-9,27H2,1H3,(H2,28,32,33). The molecule has 0 aliphatic heterocycles. The van der Waals surface area contributed by atoms with Crippen LogP contribution >= 0.6 is 11.3 Å². The number of nitrogens with two attached hydrogens (primary N) is 2. The molecule has 1 saturated carbocycles. The summed E-state index contributed by atoms with van der Waals surface area (Å²) in [4.78, 5) is 21.2. The van der Waals surface area contributed by atoms with Gasteiger partial charge >= 0.3 is 5.97 Å². The van der Waals surface area contributed by atoms with Crippen LogP contribution in [0.2, 0.25) is 0 Å². The quantitative estimate of drug-likeness (QED) is 0.230. The Balaban J connectivity index is 1.81. The van der Waals surface area contributed by atoms with Crippen LogP contribution in [0.1, 0.15) is 48.7 Å². The Kier molecular flexibility index (Phi) is 8.37. The van der Waals surface area contributed by atoms with E-state index < -0.39 is 16.0 Å². The number of nitrogens with zero attached hydrogens (tertiary/aromatic N) is 2. The summed E-state index contributed by atoms with van der Waals surface area (Å²) in [6.45, 7) is 1.97. The van der Waals surface area contributed by atoms with E-state index in [0.29, 0.717) is 28.0 Å². The molecular weight excluding hydrogens is 512 g/mol. The molecule has 4 N–H and O–H groups in total. The van der Waals surface area contributed by atoms with Gasteiger partial charge in [-0.15, -0.1) is 11.3 Å². The van der Waals surface area contributed by atoms with Gasteiger partial charge in [0.25, 0.3) is 0 Å². The summed E-state index contributed by atoms with van der Waals surface area (Å²) in [5.41, 5.74) is 8.64. The molecule has 1 fully saturated rings. The number of hydrogen-bond donors (Lipinski definition) is 2. The second-order valence-electron chi connectivity index (χ2n) is 8.45. The third kappa shape index (κ3) is 6.62. The van der Waals surface area contributed by atoms with Crippen molar-refractivity contribution >= 4 is 38.2 Å². The number of ether oxygens (including phenoxy) is 2. The van der Waals surface area contributed by atoms with Gasteiger partial charge in [0, 0.05) is 16.9 Å². The van der Waals surface area contributed by atoms with E-state index in [4.69, 9.17) is 25.3 Å². The molecule has 1 aromatic heterocycles. The van der Waals surface area contributed by atoms with Crippen LogP contribution in [-0.2, 0) is 14.8 Å². The van der Waals surface area contributed by atoms with Gasteiger partial charge in [-0.2, -0.15) is 0 Å². The molecule has 0 atom stereocenters. The average Bonchev–Trinajstić information content (AvgIpc) is 3.59. The highest BCUT2D eigenvalue weighted by Crippen LogP contribution is 2.33. The van der Waals surface area contributed by atoms with E-state index in [9.17, 15) is 13.2 Å². The Labute approximate surface area is 219 Å². The van der Waals surface area contributed by atoms with E-state index in [1.807, 2.05) is 30.3 Å². The molecule has 37 heavy (non-hydrogen) atoms. The summed E-state index contributed by atoms with van der Waals surface area (Å²) < 4.78 is 34.7. The lowest BCUT2D eigenvalue weighted by molar-refractivity contribution is 0.0520. The zero-order chi connectivity index (χ0) is 26.4. The van der Waals surface area contributed by atoms with Crippen LogP contribution in [0.15, 0.2) is 81.3 Å². The summed E-state index contributed by atoms with van der Waals surface area (Å²) in [7, 11) is -3.85. The number of benzene rings is 2. The van der Waals surface area contributed by atoms with Crippen molar-refractivity contribution in [1.29, 1.82) is 0 Å². The van der Waals surface area contributed by atoms with Gasteiger partial charge in [0.15, 0.2) is 11.5 Å². The molecular formula is C26H28N4O5S2. The first-order valence-corrected chi connectivity index (χ1v) is 14.3. The molecule has 1 heterocycles. The molecule has 1 aliphatic rings. The van der Waals surface area contributed by atoms with Gasteiger partial charge in [-0.25, -0.2) is 28.3 Å². The molecule has 3 aromatic rings. The van der Waals surface area contributed by atoms with Crippen LogP contribution in [-0.4, -0.2) is 31.7 Å². The minimum absolute atomic E-state index is 0.0274. The predicted molar refractivity (Wildman–Crippen MR) is 142 cm³/mol. The van der Waals surface area contributed by atoms with Crippen LogP contribution in [0.3, 0.4) is 0 Å². The third-order valence-corrected chi connectivity index (χ3v) is 7.54. The number of sulfonamides is 1. The molecule has 0 saturated heterocycles. The number of rotatable bonds is 9. The van der Waals surface area contributed by atoms with Crippen LogP contribution in [0, 0.1) is 5.92 Å². The molecule has 194 valence electrons. The van der Waals surface area contributed by atoms with Crippen molar-refractivity contribution in [3.05, 3.63) is 82.7 Å². The van der Waals surface area contributed by atoms with Crippen LogP contribution in [0.5, 0.6) is 5.75 Å². The van der Waals surface area contributed by atoms with Gasteiger partial charge in [0.05, 0.1) is 17.2 Å². The van der Waals surface area contributed by atoms with Gasteiger partial charge in [0.1, 0.15) is 11.5 Å². The van der Waals surface area contributed by atoms with E-state index in [-0.39, 0.29) is 23.1 Å². The van der Waals surface area contributed by atoms with Gasteiger partial charge in [-0.1, -0.05) is 43.2 Å². The summed E-state index contributed by atoms with van der Waals surface area (Å²) >= 11 is 1.20. The summed E-state index contributed by atoms with van der Waals surface area (Å²) in [5.74, 6) is 0.320. The van der Waals surface area contributed by atoms with Crippen LogP contribution < -0.4 is 15.6 Å².